The Bertz CT molecular complexity index is 233. The quantitative estimate of drug-likeness (QED) is 0.690. The van der Waals surface area contributed by atoms with E-state index in [0.717, 1.165) is 12.0 Å². The molecule has 0 saturated heterocycles. The lowest BCUT2D eigenvalue weighted by molar-refractivity contribution is 0.579. The van der Waals surface area contributed by atoms with Crippen LogP contribution in [0.25, 0.3) is 0 Å². The fourth-order valence-corrected chi connectivity index (χ4v) is 1.29. The first-order valence-corrected chi connectivity index (χ1v) is 4.41. The van der Waals surface area contributed by atoms with Crippen LogP contribution in [0.1, 0.15) is 26.2 Å². The Morgan fingerprint density at radius 3 is 3.17 bits per heavy atom. The molecule has 0 saturated carbocycles. The number of hydrogen-bond acceptors (Lipinski definition) is 2. The first-order valence-electron chi connectivity index (χ1n) is 4.41. The lowest BCUT2D eigenvalue weighted by atomic mass is 10.0. The molecule has 0 aliphatic carbocycles. The van der Waals surface area contributed by atoms with Gasteiger partial charge in [-0.05, 0) is 24.8 Å². The molecular weight excluding hydrogens is 148 g/mol. The molecule has 1 aliphatic heterocycles. The summed E-state index contributed by atoms with van der Waals surface area (Å²) in [6, 6.07) is 2.46. The summed E-state index contributed by atoms with van der Waals surface area (Å²) in [5.74, 6) is 0. The minimum absolute atomic E-state index is 0.250. The Hall–Kier alpha value is -1.23. The van der Waals surface area contributed by atoms with E-state index in [1.807, 2.05) is 18.4 Å². The minimum Gasteiger partial charge on any atom is -0.383 e. The maximum Gasteiger partial charge on any atom is 0.0969 e. The predicted octanol–water partition coefficient (Wildman–Crippen LogP) is 2.11. The Balaban J connectivity index is 2.50. The molecule has 0 radical (unpaired) electrons. The summed E-state index contributed by atoms with van der Waals surface area (Å²) in [5.41, 5.74) is 0.853. The van der Waals surface area contributed by atoms with Crippen LogP contribution in [0.4, 0.5) is 0 Å². The number of hydrogen-bond donors (Lipinski definition) is 1. The highest BCUT2D eigenvalue weighted by Gasteiger charge is 2.12. The van der Waals surface area contributed by atoms with E-state index in [2.05, 4.69) is 18.3 Å². The van der Waals surface area contributed by atoms with Crippen LogP contribution in [0, 0.1) is 11.3 Å². The van der Waals surface area contributed by atoms with Gasteiger partial charge in [-0.2, -0.15) is 5.26 Å². The average Bonchev–Trinajstić information content (AvgIpc) is 2.15. The first-order chi connectivity index (χ1) is 5.88. The smallest absolute Gasteiger partial charge is 0.0969 e. The number of dihydropyridines is 1. The predicted molar refractivity (Wildman–Crippen MR) is 49.3 cm³/mol. The number of nitriles is 1. The maximum atomic E-state index is 8.77. The summed E-state index contributed by atoms with van der Waals surface area (Å²) in [5, 5.41) is 12.0. The number of unbranched alkanes of at least 4 members (excludes halogenated alkanes) is 1. The van der Waals surface area contributed by atoms with Gasteiger partial charge >= 0.3 is 0 Å². The Morgan fingerprint density at radius 1 is 1.67 bits per heavy atom. The summed E-state index contributed by atoms with van der Waals surface area (Å²) in [7, 11) is 0. The van der Waals surface area contributed by atoms with Crippen molar-refractivity contribution < 1.29 is 0 Å². The van der Waals surface area contributed by atoms with Crippen LogP contribution in [0.3, 0.4) is 0 Å². The third-order valence-corrected chi connectivity index (χ3v) is 2.02. The maximum absolute atomic E-state index is 8.77. The second-order valence-electron chi connectivity index (χ2n) is 2.95. The van der Waals surface area contributed by atoms with Crippen molar-refractivity contribution in [2.24, 2.45) is 0 Å². The second-order valence-corrected chi connectivity index (χ2v) is 2.95. The molecule has 0 spiro atoms. The molecule has 1 rings (SSSR count). The molecule has 2 nitrogen and oxygen atoms in total. The lowest BCUT2D eigenvalue weighted by Crippen LogP contribution is -2.27. The minimum atomic E-state index is 0.250. The number of nitrogens with zero attached hydrogens (tertiary/aromatic N) is 1. The van der Waals surface area contributed by atoms with Crippen molar-refractivity contribution in [1.82, 2.24) is 5.32 Å². The van der Waals surface area contributed by atoms with Crippen molar-refractivity contribution in [1.29, 1.82) is 5.26 Å². The zero-order valence-electron chi connectivity index (χ0n) is 7.38. The monoisotopic (exact) mass is 162 g/mol. The molecule has 2 heteroatoms. The summed E-state index contributed by atoms with van der Waals surface area (Å²) >= 11 is 0. The lowest BCUT2D eigenvalue weighted by Gasteiger charge is -2.18. The van der Waals surface area contributed by atoms with Gasteiger partial charge in [-0.3, -0.25) is 0 Å². The molecule has 1 heterocycles. The summed E-state index contributed by atoms with van der Waals surface area (Å²) < 4.78 is 0. The Kier molecular flexibility index (Phi) is 3.40. The van der Waals surface area contributed by atoms with Gasteiger partial charge in [-0.1, -0.05) is 19.8 Å². The molecule has 12 heavy (non-hydrogen) atoms. The van der Waals surface area contributed by atoms with Gasteiger partial charge < -0.3 is 5.32 Å². The molecule has 64 valence electrons. The van der Waals surface area contributed by atoms with Gasteiger partial charge in [0.1, 0.15) is 0 Å². The van der Waals surface area contributed by atoms with Gasteiger partial charge in [-0.25, -0.2) is 0 Å². The van der Waals surface area contributed by atoms with Crippen molar-refractivity contribution in [3.05, 3.63) is 23.9 Å². The molecule has 1 N–H and O–H groups in total. The highest BCUT2D eigenvalue weighted by molar-refractivity contribution is 5.33. The molecule has 0 aromatic carbocycles. The second kappa shape index (κ2) is 4.61. The molecule has 0 aromatic rings. The van der Waals surface area contributed by atoms with E-state index in [0.29, 0.717) is 0 Å². The Morgan fingerprint density at radius 2 is 2.50 bits per heavy atom. The van der Waals surface area contributed by atoms with Gasteiger partial charge in [-0.15, -0.1) is 0 Å². The molecule has 0 bridgehead atoms. The third-order valence-electron chi connectivity index (χ3n) is 2.02. The SMILES string of the molecule is CCCCC1NC=CC=C1C#N. The van der Waals surface area contributed by atoms with Crippen molar-refractivity contribution >= 4 is 0 Å². The normalized spacial score (nSPS) is 21.0. The van der Waals surface area contributed by atoms with E-state index in [1.165, 1.54) is 12.8 Å². The number of rotatable bonds is 3. The van der Waals surface area contributed by atoms with Crippen LogP contribution in [-0.2, 0) is 0 Å². The van der Waals surface area contributed by atoms with Gasteiger partial charge in [0.25, 0.3) is 0 Å². The fourth-order valence-electron chi connectivity index (χ4n) is 1.29. The van der Waals surface area contributed by atoms with Gasteiger partial charge in [0, 0.05) is 0 Å². The van der Waals surface area contributed by atoms with Crippen molar-refractivity contribution in [3.8, 4) is 6.07 Å². The molecule has 1 unspecified atom stereocenters. The van der Waals surface area contributed by atoms with Crippen molar-refractivity contribution in [2.45, 2.75) is 32.2 Å². The van der Waals surface area contributed by atoms with E-state index < -0.39 is 0 Å². The molecule has 0 amide bonds. The summed E-state index contributed by atoms with van der Waals surface area (Å²) in [4.78, 5) is 0. The fraction of sp³-hybridized carbons (Fsp3) is 0.500. The van der Waals surface area contributed by atoms with E-state index >= 15 is 0 Å². The van der Waals surface area contributed by atoms with E-state index in [9.17, 15) is 0 Å². The van der Waals surface area contributed by atoms with Crippen LogP contribution in [0.15, 0.2) is 23.9 Å². The third kappa shape index (κ3) is 2.13. The first kappa shape index (κ1) is 8.86. The van der Waals surface area contributed by atoms with Crippen LogP contribution in [-0.4, -0.2) is 6.04 Å². The summed E-state index contributed by atoms with van der Waals surface area (Å²) in [6.45, 7) is 2.16. The van der Waals surface area contributed by atoms with Crippen molar-refractivity contribution in [2.75, 3.05) is 0 Å². The molecular formula is C10H14N2. The Labute approximate surface area is 73.6 Å². The van der Waals surface area contributed by atoms with Crippen LogP contribution in [0.2, 0.25) is 0 Å². The van der Waals surface area contributed by atoms with Gasteiger partial charge in [0.2, 0.25) is 0 Å². The number of nitrogens with one attached hydrogen (secondary N) is 1. The topological polar surface area (TPSA) is 35.8 Å². The van der Waals surface area contributed by atoms with Crippen LogP contribution >= 0.6 is 0 Å². The van der Waals surface area contributed by atoms with E-state index in [-0.39, 0.29) is 6.04 Å². The van der Waals surface area contributed by atoms with Gasteiger partial charge in [0.05, 0.1) is 17.7 Å². The van der Waals surface area contributed by atoms with Crippen LogP contribution < -0.4 is 5.32 Å². The standard InChI is InChI=1S/C10H14N2/c1-2-3-6-10-9(8-11)5-4-7-12-10/h4-5,7,10,12H,2-3,6H2,1H3. The zero-order chi connectivity index (χ0) is 8.81. The van der Waals surface area contributed by atoms with Gasteiger partial charge in [0.15, 0.2) is 0 Å². The highest BCUT2D eigenvalue weighted by atomic mass is 14.9. The zero-order valence-corrected chi connectivity index (χ0v) is 7.38. The van der Waals surface area contributed by atoms with E-state index in [1.54, 1.807) is 0 Å². The van der Waals surface area contributed by atoms with E-state index in [4.69, 9.17) is 5.26 Å². The highest BCUT2D eigenvalue weighted by Crippen LogP contribution is 2.12. The van der Waals surface area contributed by atoms with Crippen molar-refractivity contribution in [3.63, 3.8) is 0 Å². The largest absolute Gasteiger partial charge is 0.383 e. The molecule has 0 aromatic heterocycles. The molecule has 0 fully saturated rings. The molecule has 1 aliphatic rings. The number of allylic oxidation sites excluding steroid dienone is 2. The molecule has 1 atom stereocenters. The average molecular weight is 162 g/mol. The summed E-state index contributed by atoms with van der Waals surface area (Å²) in [6.07, 6.45) is 9.07. The van der Waals surface area contributed by atoms with Crippen LogP contribution in [0.5, 0.6) is 0 Å².